The highest BCUT2D eigenvalue weighted by Gasteiger charge is 2.22. The van der Waals surface area contributed by atoms with Crippen LogP contribution in [0.3, 0.4) is 0 Å². The number of fused-ring (bicyclic) bond motifs is 1. The normalized spacial score (nSPS) is 12.4. The van der Waals surface area contributed by atoms with E-state index in [1.165, 1.54) is 11.3 Å². The summed E-state index contributed by atoms with van der Waals surface area (Å²) in [7, 11) is 0. The lowest BCUT2D eigenvalue weighted by Crippen LogP contribution is -2.11. The molecule has 1 heterocycles. The van der Waals surface area contributed by atoms with Crippen LogP contribution in [-0.4, -0.2) is 16.3 Å². The van der Waals surface area contributed by atoms with Crippen LogP contribution in [0.4, 0.5) is 4.39 Å². The van der Waals surface area contributed by atoms with Gasteiger partial charge in [0, 0.05) is 5.56 Å². The van der Waals surface area contributed by atoms with E-state index < -0.39 is 11.3 Å². The monoisotopic (exact) mass is 303 g/mol. The predicted molar refractivity (Wildman–Crippen MR) is 81.1 cm³/mol. The maximum atomic E-state index is 14.1. The lowest BCUT2D eigenvalue weighted by Gasteiger charge is -2.04. The fourth-order valence-corrected chi connectivity index (χ4v) is 3.76. The zero-order valence-corrected chi connectivity index (χ0v) is 12.0. The van der Waals surface area contributed by atoms with Gasteiger partial charge in [-0.2, -0.15) is 0 Å². The largest absolute Gasteiger partial charge is 0.290 e. The van der Waals surface area contributed by atoms with E-state index in [-0.39, 0.29) is 0 Å². The third kappa shape index (κ3) is 2.73. The lowest BCUT2D eigenvalue weighted by atomic mass is 10.1. The molecular formula is C15H10FNOS2. The van der Waals surface area contributed by atoms with Crippen LogP contribution in [0, 0.1) is 0 Å². The molecule has 0 bridgehead atoms. The molecule has 0 saturated carbocycles. The number of alkyl halides is 1. The van der Waals surface area contributed by atoms with Crippen LogP contribution in [0.1, 0.15) is 10.4 Å². The fraction of sp³-hybridized carbons (Fsp3) is 0.0667. The first-order chi connectivity index (χ1) is 9.74. The van der Waals surface area contributed by atoms with Gasteiger partial charge < -0.3 is 0 Å². The average molecular weight is 303 g/mol. The summed E-state index contributed by atoms with van der Waals surface area (Å²) < 4.78 is 15.6. The molecule has 0 fully saturated rings. The van der Waals surface area contributed by atoms with Crippen LogP contribution in [-0.2, 0) is 0 Å². The Balaban J connectivity index is 1.78. The molecule has 3 rings (SSSR count). The van der Waals surface area contributed by atoms with Gasteiger partial charge in [-0.05, 0) is 23.9 Å². The van der Waals surface area contributed by atoms with Crippen LogP contribution in [0.25, 0.3) is 10.2 Å². The molecule has 1 unspecified atom stereocenters. The summed E-state index contributed by atoms with van der Waals surface area (Å²) in [4.78, 5) is 16.3. The maximum absolute atomic E-state index is 14.1. The molecule has 0 aliphatic carbocycles. The van der Waals surface area contributed by atoms with Crippen LogP contribution in [0.5, 0.6) is 0 Å². The van der Waals surface area contributed by atoms with Crippen molar-refractivity contribution in [2.45, 2.75) is 9.84 Å². The molecule has 100 valence electrons. The first-order valence-electron chi connectivity index (χ1n) is 5.99. The Kier molecular flexibility index (Phi) is 3.80. The van der Waals surface area contributed by atoms with Gasteiger partial charge in [0.15, 0.2) is 4.34 Å². The summed E-state index contributed by atoms with van der Waals surface area (Å²) in [6.45, 7) is 0. The molecule has 20 heavy (non-hydrogen) atoms. The smallest absolute Gasteiger partial charge is 0.215 e. The molecule has 0 saturated heterocycles. The highest BCUT2D eigenvalue weighted by atomic mass is 32.2. The van der Waals surface area contributed by atoms with Crippen molar-refractivity contribution in [1.29, 1.82) is 0 Å². The third-order valence-electron chi connectivity index (χ3n) is 2.74. The SMILES string of the molecule is O=C(c1ccccc1)C(F)Sc1nc2ccccc2s1. The summed E-state index contributed by atoms with van der Waals surface area (Å²) in [5.74, 6) is -0.519. The van der Waals surface area contributed by atoms with Gasteiger partial charge in [-0.3, -0.25) is 4.79 Å². The lowest BCUT2D eigenvalue weighted by molar-refractivity contribution is 0.0939. The molecule has 2 aromatic carbocycles. The minimum absolute atomic E-state index is 0.383. The van der Waals surface area contributed by atoms with Gasteiger partial charge in [0.2, 0.25) is 11.3 Å². The van der Waals surface area contributed by atoms with Crippen LogP contribution < -0.4 is 0 Å². The number of thioether (sulfide) groups is 1. The van der Waals surface area contributed by atoms with Crippen molar-refractivity contribution in [2.75, 3.05) is 0 Å². The molecule has 0 N–H and O–H groups in total. The van der Waals surface area contributed by atoms with Gasteiger partial charge in [-0.25, -0.2) is 9.37 Å². The highest BCUT2D eigenvalue weighted by molar-refractivity contribution is 8.02. The van der Waals surface area contributed by atoms with Crippen LogP contribution in [0.2, 0.25) is 0 Å². The highest BCUT2D eigenvalue weighted by Crippen LogP contribution is 2.33. The van der Waals surface area contributed by atoms with Gasteiger partial charge in [0.05, 0.1) is 10.2 Å². The van der Waals surface area contributed by atoms with E-state index >= 15 is 0 Å². The molecule has 1 aromatic heterocycles. The molecular weight excluding hydrogens is 293 g/mol. The van der Waals surface area contributed by atoms with Crippen molar-refractivity contribution in [3.8, 4) is 0 Å². The summed E-state index contributed by atoms with van der Waals surface area (Å²) in [6, 6.07) is 16.1. The maximum Gasteiger partial charge on any atom is 0.215 e. The first-order valence-corrected chi connectivity index (χ1v) is 7.69. The van der Waals surface area contributed by atoms with E-state index in [4.69, 9.17) is 0 Å². The Morgan fingerprint density at radius 1 is 1.10 bits per heavy atom. The Labute approximate surface area is 123 Å². The number of aromatic nitrogens is 1. The number of halogens is 1. The Morgan fingerprint density at radius 2 is 1.80 bits per heavy atom. The molecule has 1 atom stereocenters. The van der Waals surface area contributed by atoms with Crippen molar-refractivity contribution in [3.05, 3.63) is 60.2 Å². The average Bonchev–Trinajstić information content (AvgIpc) is 2.89. The third-order valence-corrected chi connectivity index (χ3v) is 4.83. The number of hydrogen-bond donors (Lipinski definition) is 0. The fourth-order valence-electron chi connectivity index (χ4n) is 1.78. The molecule has 5 heteroatoms. The Morgan fingerprint density at radius 3 is 2.55 bits per heavy atom. The topological polar surface area (TPSA) is 30.0 Å². The summed E-state index contributed by atoms with van der Waals surface area (Å²) in [6.07, 6.45) is 0. The predicted octanol–water partition coefficient (Wildman–Crippen LogP) is 4.57. The molecule has 0 aliphatic rings. The quantitative estimate of drug-likeness (QED) is 0.522. The second-order valence-corrected chi connectivity index (χ2v) is 6.44. The molecule has 0 amide bonds. The number of carbonyl (C=O) groups excluding carboxylic acids is 1. The van der Waals surface area contributed by atoms with E-state index in [1.54, 1.807) is 30.3 Å². The van der Waals surface area contributed by atoms with E-state index in [0.717, 1.165) is 22.0 Å². The number of para-hydroxylation sites is 1. The van der Waals surface area contributed by atoms with E-state index in [0.29, 0.717) is 9.90 Å². The second-order valence-electron chi connectivity index (χ2n) is 4.11. The number of rotatable bonds is 4. The number of thiazole rings is 1. The van der Waals surface area contributed by atoms with Crippen molar-refractivity contribution >= 4 is 39.1 Å². The minimum Gasteiger partial charge on any atom is -0.290 e. The van der Waals surface area contributed by atoms with E-state index in [2.05, 4.69) is 4.98 Å². The van der Waals surface area contributed by atoms with E-state index in [1.807, 2.05) is 24.3 Å². The van der Waals surface area contributed by atoms with Crippen molar-refractivity contribution < 1.29 is 9.18 Å². The number of benzene rings is 2. The van der Waals surface area contributed by atoms with Crippen LogP contribution in [0.15, 0.2) is 58.9 Å². The van der Waals surface area contributed by atoms with Gasteiger partial charge >= 0.3 is 0 Å². The zero-order valence-electron chi connectivity index (χ0n) is 10.3. The number of Topliss-reactive ketones (excluding diaryl/α,β-unsaturated/α-hetero) is 1. The zero-order chi connectivity index (χ0) is 13.9. The van der Waals surface area contributed by atoms with Gasteiger partial charge in [-0.15, -0.1) is 11.3 Å². The van der Waals surface area contributed by atoms with Gasteiger partial charge in [0.1, 0.15) is 0 Å². The summed E-state index contributed by atoms with van der Waals surface area (Å²) in [5.41, 5.74) is -0.411. The number of ketones is 1. The van der Waals surface area contributed by atoms with Crippen LogP contribution >= 0.6 is 23.1 Å². The summed E-state index contributed by atoms with van der Waals surface area (Å²) >= 11 is 2.26. The summed E-state index contributed by atoms with van der Waals surface area (Å²) in [5, 5.41) is 0. The Hall–Kier alpha value is -1.72. The van der Waals surface area contributed by atoms with Crippen molar-refractivity contribution in [1.82, 2.24) is 4.98 Å². The molecule has 2 nitrogen and oxygen atoms in total. The van der Waals surface area contributed by atoms with Crippen molar-refractivity contribution in [3.63, 3.8) is 0 Å². The standard InChI is InChI=1S/C15H10FNOS2/c16-14(13(18)10-6-2-1-3-7-10)20-15-17-11-8-4-5-9-12(11)19-15/h1-9,14H. The molecule has 0 spiro atoms. The molecule has 0 aliphatic heterocycles. The number of nitrogens with zero attached hydrogens (tertiary/aromatic N) is 1. The number of hydrogen-bond acceptors (Lipinski definition) is 4. The minimum atomic E-state index is -1.63. The second kappa shape index (κ2) is 5.73. The molecule has 0 radical (unpaired) electrons. The van der Waals surface area contributed by atoms with Crippen molar-refractivity contribution in [2.24, 2.45) is 0 Å². The first kappa shape index (κ1) is 13.3. The van der Waals surface area contributed by atoms with Gasteiger partial charge in [-0.1, -0.05) is 42.5 Å². The van der Waals surface area contributed by atoms with E-state index in [9.17, 15) is 9.18 Å². The Bertz CT molecular complexity index is 709. The van der Waals surface area contributed by atoms with Gasteiger partial charge in [0.25, 0.3) is 0 Å². The molecule has 3 aromatic rings. The number of carbonyl (C=O) groups is 1.